The van der Waals surface area contributed by atoms with E-state index in [0.717, 1.165) is 5.56 Å². The third kappa shape index (κ3) is 3.69. The van der Waals surface area contributed by atoms with Crippen LogP contribution in [-0.2, 0) is 9.53 Å². The molecule has 1 aliphatic heterocycles. The average Bonchev–Trinajstić information content (AvgIpc) is 2.82. The monoisotopic (exact) mass is 306 g/mol. The summed E-state index contributed by atoms with van der Waals surface area (Å²) >= 11 is 0. The van der Waals surface area contributed by atoms with Gasteiger partial charge in [-0.05, 0) is 38.5 Å². The molecule has 22 heavy (non-hydrogen) atoms. The highest BCUT2D eigenvalue weighted by Crippen LogP contribution is 2.34. The van der Waals surface area contributed by atoms with Crippen LogP contribution in [0.25, 0.3) is 0 Å². The molecule has 3 N–H and O–H groups in total. The summed E-state index contributed by atoms with van der Waals surface area (Å²) in [6.07, 6.45) is -0.481. The minimum absolute atomic E-state index is 0.143. The van der Waals surface area contributed by atoms with Gasteiger partial charge in [0, 0.05) is 24.7 Å². The van der Waals surface area contributed by atoms with Crippen LogP contribution in [0.4, 0.5) is 10.5 Å². The van der Waals surface area contributed by atoms with Gasteiger partial charge in [0.2, 0.25) is 0 Å². The van der Waals surface area contributed by atoms with Gasteiger partial charge in [-0.25, -0.2) is 4.79 Å². The maximum atomic E-state index is 12.2. The van der Waals surface area contributed by atoms with Gasteiger partial charge in [0.05, 0.1) is 5.92 Å². The van der Waals surface area contributed by atoms with Crippen LogP contribution in [0, 0.1) is 5.92 Å². The standard InChI is InChI=1S/C16H22N2O4/c1-16(2,3)22-15(21)18-8-12(13(9-18)14(19)20)10-5-4-6-11(17)7-10/h4-7,12-13H,8-9,17H2,1-3H3,(H,19,20). The largest absolute Gasteiger partial charge is 0.481 e. The first-order valence-corrected chi connectivity index (χ1v) is 7.23. The molecule has 2 atom stereocenters. The number of carboxylic acid groups (broad SMARTS) is 1. The molecule has 1 aromatic rings. The normalized spacial score (nSPS) is 21.7. The molecular formula is C16H22N2O4. The van der Waals surface area contributed by atoms with E-state index in [0.29, 0.717) is 12.2 Å². The second kappa shape index (κ2) is 5.87. The number of carboxylic acids is 1. The quantitative estimate of drug-likeness (QED) is 0.818. The van der Waals surface area contributed by atoms with Crippen molar-refractivity contribution in [3.63, 3.8) is 0 Å². The van der Waals surface area contributed by atoms with E-state index in [1.54, 1.807) is 39.0 Å². The van der Waals surface area contributed by atoms with Crippen LogP contribution < -0.4 is 5.73 Å². The van der Waals surface area contributed by atoms with Crippen molar-refractivity contribution in [1.82, 2.24) is 4.90 Å². The summed E-state index contributed by atoms with van der Waals surface area (Å²) in [4.78, 5) is 25.1. The second-order valence-corrected chi connectivity index (χ2v) is 6.61. The van der Waals surface area contributed by atoms with Crippen LogP contribution in [0.3, 0.4) is 0 Å². The SMILES string of the molecule is CC(C)(C)OC(=O)N1CC(C(=O)O)C(c2cccc(N)c2)C1. The minimum Gasteiger partial charge on any atom is -0.481 e. The maximum Gasteiger partial charge on any atom is 0.410 e. The molecule has 0 aromatic heterocycles. The Bertz CT molecular complexity index is 580. The number of aliphatic carboxylic acids is 1. The summed E-state index contributed by atoms with van der Waals surface area (Å²) < 4.78 is 5.33. The number of nitrogens with two attached hydrogens (primary N) is 1. The van der Waals surface area contributed by atoms with Gasteiger partial charge in [-0.2, -0.15) is 0 Å². The number of amides is 1. The first-order valence-electron chi connectivity index (χ1n) is 7.23. The van der Waals surface area contributed by atoms with Gasteiger partial charge in [0.15, 0.2) is 0 Å². The minimum atomic E-state index is -0.918. The molecule has 1 heterocycles. The highest BCUT2D eigenvalue weighted by atomic mass is 16.6. The van der Waals surface area contributed by atoms with Gasteiger partial charge in [0.25, 0.3) is 0 Å². The predicted octanol–water partition coefficient (Wildman–Crippen LogP) is 2.30. The number of likely N-dealkylation sites (tertiary alicyclic amines) is 1. The van der Waals surface area contributed by atoms with E-state index in [4.69, 9.17) is 10.5 Å². The Morgan fingerprint density at radius 3 is 2.55 bits per heavy atom. The molecule has 1 aromatic carbocycles. The van der Waals surface area contributed by atoms with E-state index in [-0.39, 0.29) is 12.5 Å². The average molecular weight is 306 g/mol. The molecule has 0 spiro atoms. The summed E-state index contributed by atoms with van der Waals surface area (Å²) in [5, 5.41) is 9.44. The van der Waals surface area contributed by atoms with E-state index < -0.39 is 23.6 Å². The lowest BCUT2D eigenvalue weighted by atomic mass is 9.89. The zero-order valence-electron chi connectivity index (χ0n) is 13.1. The number of benzene rings is 1. The first-order chi connectivity index (χ1) is 10.2. The van der Waals surface area contributed by atoms with Crippen molar-refractivity contribution in [1.29, 1.82) is 0 Å². The summed E-state index contributed by atoms with van der Waals surface area (Å²) in [7, 11) is 0. The molecule has 1 aliphatic rings. The second-order valence-electron chi connectivity index (χ2n) is 6.61. The van der Waals surface area contributed by atoms with Gasteiger partial charge < -0.3 is 20.5 Å². The number of rotatable bonds is 2. The predicted molar refractivity (Wildman–Crippen MR) is 82.5 cm³/mol. The van der Waals surface area contributed by atoms with Gasteiger partial charge in [0.1, 0.15) is 5.60 Å². The van der Waals surface area contributed by atoms with E-state index in [9.17, 15) is 14.7 Å². The Hall–Kier alpha value is -2.24. The Morgan fingerprint density at radius 2 is 2.00 bits per heavy atom. The number of nitrogen functional groups attached to an aromatic ring is 1. The van der Waals surface area contributed by atoms with Crippen LogP contribution in [0.2, 0.25) is 0 Å². The number of carbonyl (C=O) groups is 2. The number of hydrogen-bond donors (Lipinski definition) is 2. The van der Waals surface area contributed by atoms with Crippen molar-refractivity contribution in [3.05, 3.63) is 29.8 Å². The van der Waals surface area contributed by atoms with Gasteiger partial charge in [-0.15, -0.1) is 0 Å². The Balaban J connectivity index is 2.20. The molecule has 2 rings (SSSR count). The molecule has 1 saturated heterocycles. The van der Waals surface area contributed by atoms with E-state index >= 15 is 0 Å². The number of nitrogens with zero attached hydrogens (tertiary/aromatic N) is 1. The van der Waals surface area contributed by atoms with Crippen molar-refractivity contribution in [2.75, 3.05) is 18.8 Å². The molecule has 6 nitrogen and oxygen atoms in total. The zero-order valence-corrected chi connectivity index (χ0v) is 13.1. The van der Waals surface area contributed by atoms with Crippen LogP contribution >= 0.6 is 0 Å². The van der Waals surface area contributed by atoms with Crippen LogP contribution in [0.1, 0.15) is 32.3 Å². The molecule has 0 radical (unpaired) electrons. The lowest BCUT2D eigenvalue weighted by molar-refractivity contribution is -0.141. The highest BCUT2D eigenvalue weighted by Gasteiger charge is 2.41. The first kappa shape index (κ1) is 16.1. The lowest BCUT2D eigenvalue weighted by Crippen LogP contribution is -2.35. The molecule has 1 amide bonds. The fourth-order valence-electron chi connectivity index (χ4n) is 2.66. The smallest absolute Gasteiger partial charge is 0.410 e. The van der Waals surface area contributed by atoms with Crippen molar-refractivity contribution in [2.45, 2.75) is 32.3 Å². The fourth-order valence-corrected chi connectivity index (χ4v) is 2.66. The molecule has 2 unspecified atom stereocenters. The highest BCUT2D eigenvalue weighted by molar-refractivity contribution is 5.76. The molecule has 0 saturated carbocycles. The molecule has 0 bridgehead atoms. The molecule has 120 valence electrons. The molecule has 0 aliphatic carbocycles. The number of carbonyl (C=O) groups excluding carboxylic acids is 1. The van der Waals surface area contributed by atoms with E-state index in [2.05, 4.69) is 0 Å². The Labute approximate surface area is 129 Å². The third-order valence-electron chi connectivity index (χ3n) is 3.63. The van der Waals surface area contributed by atoms with Crippen molar-refractivity contribution >= 4 is 17.7 Å². The number of anilines is 1. The van der Waals surface area contributed by atoms with Crippen LogP contribution in [0.15, 0.2) is 24.3 Å². The Morgan fingerprint density at radius 1 is 1.32 bits per heavy atom. The zero-order chi connectivity index (χ0) is 16.5. The van der Waals surface area contributed by atoms with E-state index in [1.807, 2.05) is 6.07 Å². The van der Waals surface area contributed by atoms with Crippen molar-refractivity contribution in [3.8, 4) is 0 Å². The van der Waals surface area contributed by atoms with E-state index in [1.165, 1.54) is 4.90 Å². The Kier molecular flexibility index (Phi) is 4.30. The topological polar surface area (TPSA) is 92.9 Å². The molecule has 1 fully saturated rings. The summed E-state index contributed by atoms with van der Waals surface area (Å²) in [5.41, 5.74) is 6.58. The summed E-state index contributed by atoms with van der Waals surface area (Å²) in [6.45, 7) is 5.81. The maximum absolute atomic E-state index is 12.2. The van der Waals surface area contributed by atoms with Crippen LogP contribution in [-0.4, -0.2) is 40.8 Å². The van der Waals surface area contributed by atoms with Gasteiger partial charge in [-0.1, -0.05) is 12.1 Å². The summed E-state index contributed by atoms with van der Waals surface area (Å²) in [6, 6.07) is 7.15. The van der Waals surface area contributed by atoms with Crippen molar-refractivity contribution in [2.24, 2.45) is 5.92 Å². The number of hydrogen-bond acceptors (Lipinski definition) is 4. The fraction of sp³-hybridized carbons (Fsp3) is 0.500. The third-order valence-corrected chi connectivity index (χ3v) is 3.63. The molecular weight excluding hydrogens is 284 g/mol. The number of ether oxygens (including phenoxy) is 1. The molecule has 6 heteroatoms. The van der Waals surface area contributed by atoms with Crippen LogP contribution in [0.5, 0.6) is 0 Å². The summed E-state index contributed by atoms with van der Waals surface area (Å²) in [5.74, 6) is -1.86. The lowest BCUT2D eigenvalue weighted by Gasteiger charge is -2.24. The van der Waals surface area contributed by atoms with Crippen molar-refractivity contribution < 1.29 is 19.4 Å². The van der Waals surface area contributed by atoms with Gasteiger partial charge >= 0.3 is 12.1 Å². The van der Waals surface area contributed by atoms with Gasteiger partial charge in [-0.3, -0.25) is 4.79 Å².